The molecule has 4 rings (SSSR count). The summed E-state index contributed by atoms with van der Waals surface area (Å²) in [6.45, 7) is 5.95. The first-order chi connectivity index (χ1) is 17.3. The zero-order valence-corrected chi connectivity index (χ0v) is 21.4. The number of H-pyrrole nitrogens is 1. The van der Waals surface area contributed by atoms with Crippen LogP contribution in [0.3, 0.4) is 0 Å². The lowest BCUT2D eigenvalue weighted by Gasteiger charge is -2.17. The number of imidazole rings is 1. The zero-order valence-electron chi connectivity index (χ0n) is 20.6. The maximum Gasteiger partial charge on any atom is 0.336 e. The van der Waals surface area contributed by atoms with Crippen molar-refractivity contribution in [1.82, 2.24) is 9.97 Å². The average Bonchev–Trinajstić information content (AvgIpc) is 3.21. The molecule has 0 aliphatic carbocycles. The summed E-state index contributed by atoms with van der Waals surface area (Å²) in [6, 6.07) is 20.2. The fourth-order valence-electron chi connectivity index (χ4n) is 4.55. The summed E-state index contributed by atoms with van der Waals surface area (Å²) in [5.74, 6) is -0.458. The van der Waals surface area contributed by atoms with E-state index < -0.39 is 5.97 Å². The average molecular weight is 501 g/mol. The Kier molecular flexibility index (Phi) is 7.70. The Morgan fingerprint density at radius 1 is 0.972 bits per heavy atom. The van der Waals surface area contributed by atoms with Crippen molar-refractivity contribution in [2.24, 2.45) is 0 Å². The quantitative estimate of drug-likeness (QED) is 0.229. The van der Waals surface area contributed by atoms with Crippen molar-refractivity contribution in [3.63, 3.8) is 0 Å². The number of nitrogens with zero attached hydrogens (tertiary/aromatic N) is 1. The number of carboxylic acids is 1. The highest BCUT2D eigenvalue weighted by Gasteiger charge is 2.22. The summed E-state index contributed by atoms with van der Waals surface area (Å²) in [6.07, 6.45) is 2.16. The highest BCUT2D eigenvalue weighted by atomic mass is 35.5. The topological polar surface area (TPSA) is 83.0 Å². The molecule has 0 radical (unpaired) electrons. The van der Waals surface area contributed by atoms with Gasteiger partial charge in [0.25, 0.3) is 0 Å². The molecule has 0 bridgehead atoms. The van der Waals surface area contributed by atoms with E-state index in [1.807, 2.05) is 50.2 Å². The molecule has 0 saturated heterocycles. The zero-order chi connectivity index (χ0) is 25.8. The van der Waals surface area contributed by atoms with E-state index >= 15 is 0 Å². The molecule has 36 heavy (non-hydrogen) atoms. The van der Waals surface area contributed by atoms with Crippen LogP contribution in [-0.2, 0) is 0 Å². The monoisotopic (exact) mass is 500 g/mol. The molecule has 1 heterocycles. The van der Waals surface area contributed by atoms with Crippen LogP contribution < -0.4 is 0 Å². The Balaban J connectivity index is 1.74. The number of halogens is 1. The number of carboxylic acid groups (broad SMARTS) is 1. The van der Waals surface area contributed by atoms with Gasteiger partial charge in [-0.3, -0.25) is 4.79 Å². The highest BCUT2D eigenvalue weighted by molar-refractivity contribution is 6.31. The second-order valence-corrected chi connectivity index (χ2v) is 9.51. The second-order valence-electron chi connectivity index (χ2n) is 9.07. The van der Waals surface area contributed by atoms with Gasteiger partial charge in [-0.2, -0.15) is 0 Å². The van der Waals surface area contributed by atoms with Crippen molar-refractivity contribution in [3.8, 4) is 22.5 Å². The van der Waals surface area contributed by atoms with Crippen molar-refractivity contribution in [1.29, 1.82) is 0 Å². The van der Waals surface area contributed by atoms with Gasteiger partial charge in [0.05, 0.1) is 11.3 Å². The third kappa shape index (κ3) is 5.42. The van der Waals surface area contributed by atoms with Gasteiger partial charge in [-0.15, -0.1) is 0 Å². The maximum atomic E-state index is 13.3. The fourth-order valence-corrected chi connectivity index (χ4v) is 4.72. The van der Waals surface area contributed by atoms with Crippen LogP contribution in [0, 0.1) is 13.8 Å². The number of benzene rings is 3. The molecule has 5 nitrogen and oxygen atoms in total. The molecule has 0 aliphatic heterocycles. The fraction of sp³-hybridized carbons (Fsp3) is 0.233. The first-order valence-electron chi connectivity index (χ1n) is 12.1. The summed E-state index contributed by atoms with van der Waals surface area (Å²) in [5.41, 5.74) is 5.23. The lowest BCUT2D eigenvalue weighted by Crippen LogP contribution is -2.10. The van der Waals surface area contributed by atoms with Gasteiger partial charge in [-0.25, -0.2) is 9.78 Å². The van der Waals surface area contributed by atoms with E-state index in [9.17, 15) is 14.7 Å². The summed E-state index contributed by atoms with van der Waals surface area (Å²) in [4.78, 5) is 33.5. The molecule has 3 aromatic carbocycles. The van der Waals surface area contributed by atoms with Crippen LogP contribution in [0.2, 0.25) is 5.02 Å². The Morgan fingerprint density at radius 3 is 2.33 bits per heavy atom. The molecule has 184 valence electrons. The van der Waals surface area contributed by atoms with E-state index in [2.05, 4.69) is 16.9 Å². The van der Waals surface area contributed by atoms with Crippen LogP contribution in [0.4, 0.5) is 0 Å². The molecule has 1 aromatic heterocycles. The van der Waals surface area contributed by atoms with Crippen LogP contribution in [0.15, 0.2) is 66.7 Å². The van der Waals surface area contributed by atoms with Gasteiger partial charge in [0.1, 0.15) is 5.82 Å². The minimum Gasteiger partial charge on any atom is -0.478 e. The molecule has 1 atom stereocenters. The predicted molar refractivity (Wildman–Crippen MR) is 144 cm³/mol. The molecule has 0 amide bonds. The standard InChI is InChI=1S/C30H29ClN2O3/c1-4-8-21(20-9-6-5-7-10-20)16-28(34)22-11-13-24(27(15-22)30(35)36)26-17-23(31)12-14-25(26)29-32-18(2)19(3)33-29/h5-7,9-15,17,21H,4,8,16H2,1-3H3,(H,32,33)(H,35,36)/t21-/m0/s1. The third-order valence-electron chi connectivity index (χ3n) is 6.57. The van der Waals surface area contributed by atoms with Crippen molar-refractivity contribution in [2.45, 2.75) is 46.0 Å². The van der Waals surface area contributed by atoms with E-state index in [4.69, 9.17) is 11.6 Å². The van der Waals surface area contributed by atoms with Gasteiger partial charge in [0.2, 0.25) is 0 Å². The van der Waals surface area contributed by atoms with E-state index in [1.54, 1.807) is 24.3 Å². The van der Waals surface area contributed by atoms with E-state index in [0.29, 0.717) is 34.0 Å². The van der Waals surface area contributed by atoms with Gasteiger partial charge < -0.3 is 10.1 Å². The SMILES string of the molecule is CCC[C@@H](CC(=O)c1ccc(-c2cc(Cl)ccc2-c2nc(C)c(C)[nH]2)c(C(=O)O)c1)c1ccccc1. The number of carbonyl (C=O) groups excluding carboxylic acids is 1. The Morgan fingerprint density at radius 2 is 1.69 bits per heavy atom. The minimum atomic E-state index is -1.11. The van der Waals surface area contributed by atoms with Crippen LogP contribution in [0.25, 0.3) is 22.5 Å². The lowest BCUT2D eigenvalue weighted by molar-refractivity contribution is 0.0697. The molecule has 0 unspecified atom stereocenters. The van der Waals surface area contributed by atoms with Crippen LogP contribution in [-0.4, -0.2) is 26.8 Å². The normalized spacial score (nSPS) is 11.9. The number of aromatic carboxylic acids is 1. The van der Waals surface area contributed by atoms with Gasteiger partial charge >= 0.3 is 5.97 Å². The van der Waals surface area contributed by atoms with E-state index in [-0.39, 0.29) is 17.3 Å². The molecule has 0 spiro atoms. The molecule has 0 saturated carbocycles. The van der Waals surface area contributed by atoms with Crippen LogP contribution in [0.1, 0.15) is 69.8 Å². The van der Waals surface area contributed by atoms with Gasteiger partial charge in [-0.1, -0.05) is 67.4 Å². The van der Waals surface area contributed by atoms with Gasteiger partial charge in [0, 0.05) is 28.3 Å². The number of rotatable bonds is 9. The molecular formula is C30H29ClN2O3. The molecule has 0 fully saturated rings. The number of carbonyl (C=O) groups is 2. The van der Waals surface area contributed by atoms with Gasteiger partial charge in [-0.05, 0) is 67.1 Å². The number of Topliss-reactive ketones (excluding diaryl/α,β-unsaturated/α-hetero) is 1. The van der Waals surface area contributed by atoms with Crippen molar-refractivity contribution in [2.75, 3.05) is 0 Å². The Hall–Kier alpha value is -3.70. The predicted octanol–water partition coefficient (Wildman–Crippen LogP) is 7.87. The smallest absolute Gasteiger partial charge is 0.336 e. The van der Waals surface area contributed by atoms with Crippen molar-refractivity contribution >= 4 is 23.4 Å². The molecule has 0 aliphatic rings. The largest absolute Gasteiger partial charge is 0.478 e. The maximum absolute atomic E-state index is 13.3. The van der Waals surface area contributed by atoms with Gasteiger partial charge in [0.15, 0.2) is 5.78 Å². The lowest BCUT2D eigenvalue weighted by atomic mass is 9.87. The molecule has 2 N–H and O–H groups in total. The highest BCUT2D eigenvalue weighted by Crippen LogP contribution is 2.36. The van der Waals surface area contributed by atoms with E-state index in [1.165, 1.54) is 6.07 Å². The molecule has 4 aromatic rings. The Bertz CT molecular complexity index is 1390. The number of nitrogens with one attached hydrogen (secondary N) is 1. The molecule has 6 heteroatoms. The second kappa shape index (κ2) is 10.9. The first-order valence-corrected chi connectivity index (χ1v) is 12.4. The summed E-state index contributed by atoms with van der Waals surface area (Å²) >= 11 is 6.32. The number of hydrogen-bond donors (Lipinski definition) is 2. The summed E-state index contributed by atoms with van der Waals surface area (Å²) < 4.78 is 0. The number of aryl methyl sites for hydroxylation is 2. The first kappa shape index (κ1) is 25.4. The van der Waals surface area contributed by atoms with Crippen LogP contribution in [0.5, 0.6) is 0 Å². The van der Waals surface area contributed by atoms with E-state index in [0.717, 1.165) is 35.4 Å². The number of hydrogen-bond acceptors (Lipinski definition) is 3. The third-order valence-corrected chi connectivity index (χ3v) is 6.80. The number of aromatic nitrogens is 2. The van der Waals surface area contributed by atoms with Crippen molar-refractivity contribution in [3.05, 3.63) is 99.8 Å². The Labute approximate surface area is 216 Å². The minimum absolute atomic E-state index is 0.0520. The number of ketones is 1. The van der Waals surface area contributed by atoms with Crippen molar-refractivity contribution < 1.29 is 14.7 Å². The van der Waals surface area contributed by atoms with Crippen LogP contribution >= 0.6 is 11.6 Å². The summed E-state index contributed by atoms with van der Waals surface area (Å²) in [7, 11) is 0. The number of aromatic amines is 1. The molecular weight excluding hydrogens is 472 g/mol. The summed E-state index contributed by atoms with van der Waals surface area (Å²) in [5, 5.41) is 10.6.